The van der Waals surface area contributed by atoms with Crippen LogP contribution in [0.2, 0.25) is 0 Å². The van der Waals surface area contributed by atoms with Crippen molar-refractivity contribution in [1.82, 2.24) is 9.88 Å². The van der Waals surface area contributed by atoms with Crippen LogP contribution >= 0.6 is 0 Å². The van der Waals surface area contributed by atoms with Crippen LogP contribution in [0.4, 0.5) is 5.82 Å². The van der Waals surface area contributed by atoms with Crippen molar-refractivity contribution in [3.05, 3.63) is 23.9 Å². The zero-order chi connectivity index (χ0) is 12.8. The van der Waals surface area contributed by atoms with Gasteiger partial charge in [0.25, 0.3) is 5.91 Å². The van der Waals surface area contributed by atoms with Gasteiger partial charge in [0, 0.05) is 33.3 Å². The number of amides is 2. The molecule has 1 aromatic rings. The van der Waals surface area contributed by atoms with Gasteiger partial charge in [0.05, 0.1) is 5.56 Å². The monoisotopic (exact) mass is 236 g/mol. The maximum absolute atomic E-state index is 11.3. The van der Waals surface area contributed by atoms with Crippen LogP contribution in [0, 0.1) is 0 Å². The number of carbonyl (C=O) groups excluding carboxylic acids is 2. The third-order valence-corrected chi connectivity index (χ3v) is 2.20. The van der Waals surface area contributed by atoms with Crippen molar-refractivity contribution in [2.24, 2.45) is 5.73 Å². The summed E-state index contributed by atoms with van der Waals surface area (Å²) in [7, 11) is 3.38. The highest BCUT2D eigenvalue weighted by Crippen LogP contribution is 2.10. The Bertz CT molecular complexity index is 418. The topological polar surface area (TPSA) is 88.3 Å². The molecule has 0 aliphatic rings. The van der Waals surface area contributed by atoms with Crippen LogP contribution in [0.1, 0.15) is 16.8 Å². The fraction of sp³-hybridized carbons (Fsp3) is 0.364. The fourth-order valence-corrected chi connectivity index (χ4v) is 1.26. The lowest BCUT2D eigenvalue weighted by Crippen LogP contribution is -2.24. The molecule has 1 aromatic heterocycles. The molecule has 0 fully saturated rings. The quantitative estimate of drug-likeness (QED) is 0.757. The van der Waals surface area contributed by atoms with Crippen LogP contribution in [0.5, 0.6) is 0 Å². The number of pyridine rings is 1. The van der Waals surface area contributed by atoms with Gasteiger partial charge in [-0.05, 0) is 12.1 Å². The first-order chi connectivity index (χ1) is 8.02. The molecule has 6 nitrogen and oxygen atoms in total. The van der Waals surface area contributed by atoms with Crippen LogP contribution < -0.4 is 11.1 Å². The minimum absolute atomic E-state index is 0.00839. The third kappa shape index (κ3) is 3.75. The Morgan fingerprint density at radius 2 is 2.18 bits per heavy atom. The molecular formula is C11H16N4O2. The summed E-state index contributed by atoms with van der Waals surface area (Å²) >= 11 is 0. The van der Waals surface area contributed by atoms with E-state index in [1.807, 2.05) is 0 Å². The van der Waals surface area contributed by atoms with E-state index in [1.54, 1.807) is 32.4 Å². The van der Waals surface area contributed by atoms with E-state index in [0.717, 1.165) is 0 Å². The van der Waals surface area contributed by atoms with Crippen molar-refractivity contribution >= 4 is 17.6 Å². The maximum Gasteiger partial charge on any atom is 0.252 e. The molecular weight excluding hydrogens is 220 g/mol. The predicted octanol–water partition coefficient (Wildman–Crippen LogP) is 0.0707. The molecule has 92 valence electrons. The van der Waals surface area contributed by atoms with Gasteiger partial charge in [-0.3, -0.25) is 9.59 Å². The van der Waals surface area contributed by atoms with Gasteiger partial charge in [0.2, 0.25) is 5.91 Å². The molecule has 17 heavy (non-hydrogen) atoms. The summed E-state index contributed by atoms with van der Waals surface area (Å²) in [5.41, 5.74) is 5.52. The minimum atomic E-state index is -0.542. The number of nitrogens with zero attached hydrogens (tertiary/aromatic N) is 2. The van der Waals surface area contributed by atoms with Crippen molar-refractivity contribution in [3.63, 3.8) is 0 Å². The normalized spacial score (nSPS) is 9.76. The Morgan fingerprint density at radius 3 is 2.76 bits per heavy atom. The number of hydrogen-bond donors (Lipinski definition) is 2. The molecule has 1 heterocycles. The first kappa shape index (κ1) is 13.0. The van der Waals surface area contributed by atoms with E-state index in [4.69, 9.17) is 5.73 Å². The van der Waals surface area contributed by atoms with Gasteiger partial charge >= 0.3 is 0 Å². The number of hydrogen-bond acceptors (Lipinski definition) is 4. The van der Waals surface area contributed by atoms with Gasteiger partial charge in [0.15, 0.2) is 0 Å². The van der Waals surface area contributed by atoms with Crippen molar-refractivity contribution in [2.75, 3.05) is 26.0 Å². The average molecular weight is 236 g/mol. The Hall–Kier alpha value is -2.11. The van der Waals surface area contributed by atoms with E-state index >= 15 is 0 Å². The van der Waals surface area contributed by atoms with Gasteiger partial charge < -0.3 is 16.0 Å². The Kier molecular flexibility index (Phi) is 4.45. The number of nitrogens with one attached hydrogen (secondary N) is 1. The molecule has 3 N–H and O–H groups in total. The lowest BCUT2D eigenvalue weighted by molar-refractivity contribution is -0.128. The maximum atomic E-state index is 11.3. The molecule has 6 heteroatoms. The molecule has 1 rings (SSSR count). The second kappa shape index (κ2) is 5.83. The molecule has 0 aliphatic carbocycles. The summed E-state index contributed by atoms with van der Waals surface area (Å²) in [6, 6.07) is 3.22. The Labute approximate surface area is 99.8 Å². The molecule has 0 aromatic carbocycles. The fourth-order valence-electron chi connectivity index (χ4n) is 1.26. The summed E-state index contributed by atoms with van der Waals surface area (Å²) in [5, 5.41) is 2.92. The smallest absolute Gasteiger partial charge is 0.252 e. The summed E-state index contributed by atoms with van der Waals surface area (Å²) in [4.78, 5) is 27.9. The summed E-state index contributed by atoms with van der Waals surface area (Å²) < 4.78 is 0. The highest BCUT2D eigenvalue weighted by atomic mass is 16.2. The number of primary amides is 1. The zero-order valence-electron chi connectivity index (χ0n) is 9.93. The van der Waals surface area contributed by atoms with Crippen molar-refractivity contribution in [2.45, 2.75) is 6.42 Å². The molecule has 0 bridgehead atoms. The first-order valence-electron chi connectivity index (χ1n) is 5.21. The second-order valence-electron chi connectivity index (χ2n) is 3.73. The van der Waals surface area contributed by atoms with E-state index in [9.17, 15) is 9.59 Å². The van der Waals surface area contributed by atoms with Crippen molar-refractivity contribution in [3.8, 4) is 0 Å². The van der Waals surface area contributed by atoms with Crippen LogP contribution in [0.25, 0.3) is 0 Å². The highest BCUT2D eigenvalue weighted by Gasteiger charge is 2.09. The minimum Gasteiger partial charge on any atom is -0.369 e. The number of rotatable bonds is 5. The molecule has 0 saturated carbocycles. The number of carbonyl (C=O) groups is 2. The van der Waals surface area contributed by atoms with Gasteiger partial charge in [-0.1, -0.05) is 0 Å². The molecule has 0 aliphatic heterocycles. The molecule has 0 atom stereocenters. The van der Waals surface area contributed by atoms with Crippen LogP contribution in [0.15, 0.2) is 18.3 Å². The van der Waals surface area contributed by atoms with Gasteiger partial charge in [-0.15, -0.1) is 0 Å². The predicted molar refractivity (Wildman–Crippen MR) is 64.6 cm³/mol. The third-order valence-electron chi connectivity index (χ3n) is 2.20. The van der Waals surface area contributed by atoms with Gasteiger partial charge in [0.1, 0.15) is 5.82 Å². The largest absolute Gasteiger partial charge is 0.369 e. The molecule has 2 amide bonds. The first-order valence-corrected chi connectivity index (χ1v) is 5.21. The van der Waals surface area contributed by atoms with Gasteiger partial charge in [-0.25, -0.2) is 4.98 Å². The average Bonchev–Trinajstić information content (AvgIpc) is 2.29. The molecule has 0 unspecified atom stereocenters. The summed E-state index contributed by atoms with van der Waals surface area (Å²) in [5.74, 6) is -0.125. The van der Waals surface area contributed by atoms with Crippen molar-refractivity contribution < 1.29 is 9.59 Å². The van der Waals surface area contributed by atoms with Crippen molar-refractivity contribution in [1.29, 1.82) is 0 Å². The lowest BCUT2D eigenvalue weighted by Gasteiger charge is -2.11. The van der Waals surface area contributed by atoms with E-state index in [1.165, 1.54) is 4.90 Å². The number of anilines is 1. The van der Waals surface area contributed by atoms with Crippen LogP contribution in [-0.2, 0) is 4.79 Å². The van der Waals surface area contributed by atoms with Crippen LogP contribution in [0.3, 0.4) is 0 Å². The molecule has 0 saturated heterocycles. The van der Waals surface area contributed by atoms with E-state index in [2.05, 4.69) is 10.3 Å². The summed E-state index contributed by atoms with van der Waals surface area (Å²) in [6.07, 6.45) is 1.89. The second-order valence-corrected chi connectivity index (χ2v) is 3.73. The summed E-state index contributed by atoms with van der Waals surface area (Å²) in [6.45, 7) is 0.411. The standard InChI is InChI=1S/C11H16N4O2/c1-15(2)9(16)5-7-14-11-8(10(12)17)4-3-6-13-11/h3-4,6H,5,7H2,1-2H3,(H2,12,17)(H,13,14). The van der Waals surface area contributed by atoms with E-state index in [0.29, 0.717) is 24.3 Å². The van der Waals surface area contributed by atoms with Gasteiger partial charge in [-0.2, -0.15) is 0 Å². The highest BCUT2D eigenvalue weighted by molar-refractivity contribution is 5.97. The SMILES string of the molecule is CN(C)C(=O)CCNc1ncccc1C(N)=O. The van der Waals surface area contributed by atoms with E-state index in [-0.39, 0.29) is 5.91 Å². The van der Waals surface area contributed by atoms with E-state index < -0.39 is 5.91 Å². The zero-order valence-corrected chi connectivity index (χ0v) is 9.93. The number of nitrogens with two attached hydrogens (primary N) is 1. The molecule has 0 radical (unpaired) electrons. The van der Waals surface area contributed by atoms with Crippen LogP contribution in [-0.4, -0.2) is 42.3 Å². The number of aromatic nitrogens is 1. The Morgan fingerprint density at radius 1 is 1.47 bits per heavy atom. The Balaban J connectivity index is 2.58. The molecule has 0 spiro atoms. The lowest BCUT2D eigenvalue weighted by atomic mass is 10.2.